The van der Waals surface area contributed by atoms with Gasteiger partial charge in [-0.3, -0.25) is 14.0 Å². The van der Waals surface area contributed by atoms with E-state index in [-0.39, 0.29) is 21.7 Å². The molecule has 0 radical (unpaired) electrons. The minimum Gasteiger partial charge on any atom is -0.392 e. The van der Waals surface area contributed by atoms with Gasteiger partial charge in [-0.05, 0) is 20.5 Å². The van der Waals surface area contributed by atoms with Gasteiger partial charge < -0.3 is 9.32 Å². The summed E-state index contributed by atoms with van der Waals surface area (Å²) in [5, 5.41) is 16.9. The molecule has 0 unspecified atom stereocenters. The Labute approximate surface area is 282 Å². The summed E-state index contributed by atoms with van der Waals surface area (Å²) in [6.45, 7) is 29.9. The Kier molecular flexibility index (Phi) is 14.9. The molecule has 266 valence electrons. The molecule has 4 aromatic rings. The van der Waals surface area contributed by atoms with Crippen molar-refractivity contribution in [2.24, 2.45) is 14.1 Å². The summed E-state index contributed by atoms with van der Waals surface area (Å²) in [6.07, 6.45) is 6.45. The average molecular weight is 659 g/mol. The van der Waals surface area contributed by atoms with Crippen LogP contribution in [0.5, 0.6) is 0 Å². The van der Waals surface area contributed by atoms with Crippen molar-refractivity contribution in [3.63, 3.8) is 0 Å². The monoisotopic (exact) mass is 659 g/mol. The standard InChI is InChI=1S/C10H20N4.C9H17N3.C7H13N3.C7H12N2O2/c1-10(2,3)9-11-8-14(12-9)7-6-13(4)5;1-5-6-12-7-10-8(11-12)9(2,3)4;1-7(2,3)6-8-5-10(4)9-6;1-7(2,3)5-8-9(4)6(10)11-5/h8H,6-7H2,1-5H3;7H,5-6H2,1-4H3;5H,1-4H3;1-4H3. The van der Waals surface area contributed by atoms with E-state index in [0.717, 1.165) is 43.5 Å². The molecule has 47 heavy (non-hydrogen) atoms. The van der Waals surface area contributed by atoms with Gasteiger partial charge >= 0.3 is 5.76 Å². The van der Waals surface area contributed by atoms with Crippen LogP contribution in [0.1, 0.15) is 120 Å². The van der Waals surface area contributed by atoms with Crippen LogP contribution in [0.15, 0.2) is 28.2 Å². The Morgan fingerprint density at radius 2 is 1.06 bits per heavy atom. The van der Waals surface area contributed by atoms with Crippen molar-refractivity contribution in [1.82, 2.24) is 59.0 Å². The van der Waals surface area contributed by atoms with E-state index < -0.39 is 5.76 Å². The smallest absolute Gasteiger partial charge is 0.392 e. The minimum atomic E-state index is -0.407. The Balaban J connectivity index is 0.000000316. The van der Waals surface area contributed by atoms with E-state index in [2.05, 4.69) is 124 Å². The highest BCUT2D eigenvalue weighted by molar-refractivity contribution is 4.99. The topological polar surface area (TPSA) is 143 Å². The highest BCUT2D eigenvalue weighted by Crippen LogP contribution is 2.19. The lowest BCUT2D eigenvalue weighted by Crippen LogP contribution is -2.19. The maximum Gasteiger partial charge on any atom is 0.436 e. The van der Waals surface area contributed by atoms with Gasteiger partial charge in [-0.15, -0.1) is 5.10 Å². The molecule has 0 aliphatic carbocycles. The van der Waals surface area contributed by atoms with Crippen molar-refractivity contribution in [3.8, 4) is 0 Å². The van der Waals surface area contributed by atoms with E-state index in [1.807, 2.05) is 49.8 Å². The zero-order valence-corrected chi connectivity index (χ0v) is 32.2. The summed E-state index contributed by atoms with van der Waals surface area (Å²) < 4.78 is 11.6. The predicted octanol–water partition coefficient (Wildman–Crippen LogP) is 4.91. The van der Waals surface area contributed by atoms with Crippen LogP contribution in [0.2, 0.25) is 0 Å². The van der Waals surface area contributed by atoms with Gasteiger partial charge in [-0.25, -0.2) is 19.7 Å². The largest absolute Gasteiger partial charge is 0.436 e. The molecule has 0 aliphatic rings. The third kappa shape index (κ3) is 15.2. The molecule has 0 amide bonds. The summed E-state index contributed by atoms with van der Waals surface area (Å²) in [4.78, 5) is 25.7. The highest BCUT2D eigenvalue weighted by atomic mass is 16.4. The van der Waals surface area contributed by atoms with Crippen LogP contribution in [-0.4, -0.2) is 79.6 Å². The molecule has 0 bridgehead atoms. The lowest BCUT2D eigenvalue weighted by molar-refractivity contribution is 0.370. The Morgan fingerprint density at radius 1 is 0.638 bits per heavy atom. The van der Waals surface area contributed by atoms with Crippen molar-refractivity contribution in [2.45, 2.75) is 131 Å². The van der Waals surface area contributed by atoms with Gasteiger partial charge in [0, 0.05) is 48.8 Å². The first-order valence-corrected chi connectivity index (χ1v) is 16.2. The first kappa shape index (κ1) is 41.3. The number of hydrogen-bond donors (Lipinski definition) is 0. The van der Waals surface area contributed by atoms with Crippen molar-refractivity contribution >= 4 is 0 Å². The lowest BCUT2D eigenvalue weighted by Gasteiger charge is -2.12. The third-order valence-corrected chi connectivity index (χ3v) is 6.24. The zero-order valence-electron chi connectivity index (χ0n) is 32.2. The molecule has 0 saturated carbocycles. The van der Waals surface area contributed by atoms with Crippen LogP contribution in [-0.2, 0) is 48.8 Å². The van der Waals surface area contributed by atoms with Crippen LogP contribution in [0.25, 0.3) is 0 Å². The molecular formula is C33H62N12O2. The molecular weight excluding hydrogens is 596 g/mol. The van der Waals surface area contributed by atoms with E-state index in [1.165, 1.54) is 4.68 Å². The molecule has 0 atom stereocenters. The Hall–Kier alpha value is -3.68. The average Bonchev–Trinajstić information content (AvgIpc) is 3.71. The quantitative estimate of drug-likeness (QED) is 0.290. The first-order valence-electron chi connectivity index (χ1n) is 16.2. The number of aryl methyl sites for hydroxylation is 3. The van der Waals surface area contributed by atoms with Crippen molar-refractivity contribution in [3.05, 3.63) is 52.9 Å². The SMILES string of the molecule is CCCn1cnc(C(C)(C)C)n1.CN(C)CCn1cnc(C(C)(C)C)n1.Cn1cnc(C(C)(C)C)n1.Cn1nc(C(C)(C)C)oc1=O. The molecule has 14 heteroatoms. The van der Waals surface area contributed by atoms with Gasteiger partial charge in [0.05, 0.1) is 6.54 Å². The zero-order chi connectivity index (χ0) is 36.4. The van der Waals surface area contributed by atoms with E-state index in [1.54, 1.807) is 18.1 Å². The molecule has 14 nitrogen and oxygen atoms in total. The predicted molar refractivity (Wildman–Crippen MR) is 186 cm³/mol. The van der Waals surface area contributed by atoms with Crippen LogP contribution < -0.4 is 5.76 Å². The summed E-state index contributed by atoms with van der Waals surface area (Å²) in [6, 6.07) is 0. The molecule has 0 N–H and O–H groups in total. The number of hydrogen-bond acceptors (Lipinski definition) is 10. The first-order chi connectivity index (χ1) is 21.3. The summed E-state index contributed by atoms with van der Waals surface area (Å²) in [5.41, 5.74) is -0.00988. The van der Waals surface area contributed by atoms with E-state index >= 15 is 0 Å². The number of nitrogens with zero attached hydrogens (tertiary/aromatic N) is 12. The number of rotatable bonds is 5. The van der Waals surface area contributed by atoms with Gasteiger partial charge in [0.2, 0.25) is 5.89 Å². The van der Waals surface area contributed by atoms with Crippen molar-refractivity contribution in [1.29, 1.82) is 0 Å². The number of likely N-dealkylation sites (N-methyl/N-ethyl adjacent to an activating group) is 1. The Bertz CT molecular complexity index is 1510. The third-order valence-electron chi connectivity index (χ3n) is 6.24. The summed E-state index contributed by atoms with van der Waals surface area (Å²) in [7, 11) is 7.56. The van der Waals surface area contributed by atoms with Crippen LogP contribution >= 0.6 is 0 Å². The lowest BCUT2D eigenvalue weighted by atomic mass is 9.96. The van der Waals surface area contributed by atoms with E-state index in [0.29, 0.717) is 5.89 Å². The van der Waals surface area contributed by atoms with Gasteiger partial charge in [0.25, 0.3) is 0 Å². The summed E-state index contributed by atoms with van der Waals surface area (Å²) in [5.74, 6) is 2.81. The van der Waals surface area contributed by atoms with Crippen LogP contribution in [0.3, 0.4) is 0 Å². The fraction of sp³-hybridized carbons (Fsp3) is 0.758. The molecule has 4 rings (SSSR count). The van der Waals surface area contributed by atoms with Gasteiger partial charge in [0.1, 0.15) is 19.0 Å². The van der Waals surface area contributed by atoms with Gasteiger partial charge in [-0.1, -0.05) is 90.0 Å². The van der Waals surface area contributed by atoms with Crippen LogP contribution in [0.4, 0.5) is 0 Å². The minimum absolute atomic E-state index is 0.0450. The maximum absolute atomic E-state index is 10.8. The summed E-state index contributed by atoms with van der Waals surface area (Å²) >= 11 is 0. The second-order valence-corrected chi connectivity index (χ2v) is 16.0. The van der Waals surface area contributed by atoms with Crippen molar-refractivity contribution < 1.29 is 4.42 Å². The molecule has 0 aromatic carbocycles. The van der Waals surface area contributed by atoms with E-state index in [4.69, 9.17) is 4.42 Å². The van der Waals surface area contributed by atoms with Crippen LogP contribution in [0, 0.1) is 0 Å². The number of aromatic nitrogens is 11. The second kappa shape index (κ2) is 16.9. The Morgan fingerprint density at radius 3 is 1.32 bits per heavy atom. The molecule has 4 aromatic heterocycles. The maximum atomic E-state index is 10.8. The molecule has 0 spiro atoms. The molecule has 0 fully saturated rings. The molecule has 0 aliphatic heterocycles. The second-order valence-electron chi connectivity index (χ2n) is 16.0. The van der Waals surface area contributed by atoms with Gasteiger partial charge in [0.15, 0.2) is 17.5 Å². The molecule has 0 saturated heterocycles. The highest BCUT2D eigenvalue weighted by Gasteiger charge is 2.22. The normalized spacial score (nSPS) is 12.1. The fourth-order valence-electron chi connectivity index (χ4n) is 3.36. The van der Waals surface area contributed by atoms with E-state index in [9.17, 15) is 4.79 Å². The fourth-order valence-corrected chi connectivity index (χ4v) is 3.36. The molecule has 4 heterocycles. The van der Waals surface area contributed by atoms with Crippen molar-refractivity contribution in [2.75, 3.05) is 20.6 Å². The van der Waals surface area contributed by atoms with Gasteiger partial charge in [-0.2, -0.15) is 20.0 Å².